The summed E-state index contributed by atoms with van der Waals surface area (Å²) in [6, 6.07) is 7.41. The van der Waals surface area contributed by atoms with Crippen LogP contribution in [0.25, 0.3) is 5.82 Å². The molecule has 0 unspecified atom stereocenters. The van der Waals surface area contributed by atoms with Gasteiger partial charge >= 0.3 is 12.1 Å². The number of alkyl halides is 5. The Kier molecular flexibility index (Phi) is 8.61. The minimum Gasteiger partial charge on any atom is -0.347 e. The highest BCUT2D eigenvalue weighted by Crippen LogP contribution is 2.41. The van der Waals surface area contributed by atoms with Crippen LogP contribution in [0.4, 0.5) is 27.6 Å². The van der Waals surface area contributed by atoms with Crippen molar-refractivity contribution in [2.24, 2.45) is 0 Å². The van der Waals surface area contributed by atoms with Crippen molar-refractivity contribution >= 4 is 45.0 Å². The number of anilines is 1. The van der Waals surface area contributed by atoms with Crippen molar-refractivity contribution in [3.8, 4) is 5.82 Å². The lowest BCUT2D eigenvalue weighted by molar-refractivity contribution is -0.292. The molecule has 0 aliphatic carbocycles. The highest BCUT2D eigenvalue weighted by atomic mass is 79.9. The molecule has 0 fully saturated rings. The zero-order valence-electron chi connectivity index (χ0n) is 22.8. The number of rotatable bonds is 7. The first-order valence-electron chi connectivity index (χ1n) is 12.2. The molecule has 11 nitrogen and oxygen atoms in total. The maximum Gasteiger partial charge on any atom is 0.461 e. The molecule has 0 saturated carbocycles. The summed E-state index contributed by atoms with van der Waals surface area (Å²) in [5.74, 6) is -8.29. The van der Waals surface area contributed by atoms with Crippen molar-refractivity contribution in [3.63, 3.8) is 0 Å². The molecular formula is C25H22BrClF5N9O2. The van der Waals surface area contributed by atoms with Crippen LogP contribution < -0.4 is 10.6 Å². The normalized spacial score (nSPS) is 12.3. The number of pyridine rings is 1. The minimum absolute atomic E-state index is 0.0134. The van der Waals surface area contributed by atoms with Gasteiger partial charge in [0.1, 0.15) is 12.2 Å². The molecule has 0 atom stereocenters. The second kappa shape index (κ2) is 11.6. The molecule has 3 heterocycles. The van der Waals surface area contributed by atoms with Crippen molar-refractivity contribution in [2.45, 2.75) is 51.9 Å². The number of carbonyl (C=O) groups is 2. The van der Waals surface area contributed by atoms with Crippen LogP contribution in [-0.2, 0) is 12.5 Å². The molecule has 3 aromatic heterocycles. The Morgan fingerprint density at radius 2 is 1.74 bits per heavy atom. The molecule has 2 N–H and O–H groups in total. The van der Waals surface area contributed by atoms with E-state index in [1.807, 2.05) is 0 Å². The fraction of sp³-hybridized carbons (Fsp3) is 0.320. The van der Waals surface area contributed by atoms with Gasteiger partial charge in [0.05, 0.1) is 21.4 Å². The molecule has 1 aromatic carbocycles. The summed E-state index contributed by atoms with van der Waals surface area (Å²) in [6.45, 7) is 6.45. The third kappa shape index (κ3) is 6.98. The molecular weight excluding hydrogens is 669 g/mol. The van der Waals surface area contributed by atoms with E-state index in [1.165, 1.54) is 18.3 Å². The highest BCUT2D eigenvalue weighted by molar-refractivity contribution is 9.10. The average molecular weight is 691 g/mol. The third-order valence-electron chi connectivity index (χ3n) is 5.60. The van der Waals surface area contributed by atoms with Crippen LogP contribution in [-0.4, -0.2) is 58.5 Å². The Bertz CT molecular complexity index is 1700. The first-order chi connectivity index (χ1) is 19.9. The van der Waals surface area contributed by atoms with Gasteiger partial charge in [-0.25, -0.2) is 9.67 Å². The smallest absolute Gasteiger partial charge is 0.347 e. The van der Waals surface area contributed by atoms with Crippen LogP contribution in [0.15, 0.2) is 41.0 Å². The van der Waals surface area contributed by atoms with Crippen LogP contribution in [0.2, 0.25) is 5.02 Å². The number of nitrogens with one attached hydrogen (secondary N) is 2. The number of hydrogen-bond donors (Lipinski definition) is 2. The van der Waals surface area contributed by atoms with Crippen LogP contribution in [0.3, 0.4) is 0 Å². The van der Waals surface area contributed by atoms with Gasteiger partial charge in [0.25, 0.3) is 17.6 Å². The largest absolute Gasteiger partial charge is 0.461 e. The number of nitrogens with zero attached hydrogens (tertiary/aromatic N) is 7. The van der Waals surface area contributed by atoms with Gasteiger partial charge in [-0.05, 0) is 84.7 Å². The molecule has 0 aliphatic rings. The Hall–Kier alpha value is -3.99. The second-order valence-corrected chi connectivity index (χ2v) is 11.6. The fourth-order valence-corrected chi connectivity index (χ4v) is 4.44. The number of aromatic nitrogens is 7. The van der Waals surface area contributed by atoms with Crippen molar-refractivity contribution in [1.82, 2.24) is 40.3 Å². The maximum absolute atomic E-state index is 13.7. The van der Waals surface area contributed by atoms with Crippen LogP contribution in [0, 0.1) is 6.92 Å². The van der Waals surface area contributed by atoms with E-state index in [0.29, 0.717) is 14.8 Å². The molecule has 0 radical (unpaired) electrons. The standard InChI is InChI=1S/C25H22BrClF5N9O2/c1-12-8-13(27)9-15(20(42)35-23(2,3)4)18(12)34-21(43)17-10-14(37-41(17)19-16(26)6-5-7-33-19)11-40-38-22(36-39-40)24(28,29)25(30,31)32/h5-10H,11H2,1-4H3,(H,34,43)(H,35,42). The quantitative estimate of drug-likeness (QED) is 0.246. The first kappa shape index (κ1) is 31.9. The molecule has 4 aromatic rings. The van der Waals surface area contributed by atoms with E-state index in [0.717, 1.165) is 4.68 Å². The Morgan fingerprint density at radius 3 is 2.37 bits per heavy atom. The zero-order chi connectivity index (χ0) is 31.9. The summed E-state index contributed by atoms with van der Waals surface area (Å²) in [7, 11) is 0. The lowest BCUT2D eigenvalue weighted by Crippen LogP contribution is -2.41. The van der Waals surface area contributed by atoms with Crippen molar-refractivity contribution in [1.29, 1.82) is 0 Å². The monoisotopic (exact) mass is 689 g/mol. The molecule has 4 rings (SSSR count). The van der Waals surface area contributed by atoms with Crippen LogP contribution >= 0.6 is 27.5 Å². The zero-order valence-corrected chi connectivity index (χ0v) is 25.1. The van der Waals surface area contributed by atoms with Gasteiger partial charge in [0.15, 0.2) is 5.82 Å². The van der Waals surface area contributed by atoms with Crippen LogP contribution in [0.5, 0.6) is 0 Å². The van der Waals surface area contributed by atoms with Crippen molar-refractivity contribution in [3.05, 3.63) is 74.4 Å². The Balaban J connectivity index is 1.74. The number of tetrazole rings is 1. The molecule has 0 saturated heterocycles. The lowest BCUT2D eigenvalue weighted by atomic mass is 10.0. The Labute approximate surface area is 253 Å². The number of halogens is 7. The second-order valence-electron chi connectivity index (χ2n) is 10.3. The number of aryl methyl sites for hydroxylation is 1. The number of hydrogen-bond acceptors (Lipinski definition) is 7. The molecule has 228 valence electrons. The van der Waals surface area contributed by atoms with Gasteiger partial charge in [0.2, 0.25) is 0 Å². The highest BCUT2D eigenvalue weighted by Gasteiger charge is 2.62. The average Bonchev–Trinajstić information content (AvgIpc) is 3.52. The molecule has 0 spiro atoms. The number of carbonyl (C=O) groups excluding carboxylic acids is 2. The summed E-state index contributed by atoms with van der Waals surface area (Å²) >= 11 is 9.53. The van der Waals surface area contributed by atoms with E-state index in [4.69, 9.17) is 11.6 Å². The minimum atomic E-state index is -5.93. The van der Waals surface area contributed by atoms with Gasteiger partial charge < -0.3 is 10.6 Å². The maximum atomic E-state index is 13.7. The predicted octanol–water partition coefficient (Wildman–Crippen LogP) is 5.46. The molecule has 2 amide bonds. The molecule has 0 bridgehead atoms. The summed E-state index contributed by atoms with van der Waals surface area (Å²) in [5, 5.41) is 19.3. The van der Waals surface area contributed by atoms with E-state index in [-0.39, 0.29) is 33.5 Å². The Morgan fingerprint density at radius 1 is 1.05 bits per heavy atom. The predicted molar refractivity (Wildman–Crippen MR) is 147 cm³/mol. The summed E-state index contributed by atoms with van der Waals surface area (Å²) in [4.78, 5) is 31.4. The van der Waals surface area contributed by atoms with Gasteiger partial charge in [-0.15, -0.1) is 10.2 Å². The van der Waals surface area contributed by atoms with Gasteiger partial charge in [-0.2, -0.15) is 31.8 Å². The molecule has 18 heteroatoms. The van der Waals surface area contributed by atoms with Crippen molar-refractivity contribution < 1.29 is 31.5 Å². The summed E-state index contributed by atoms with van der Waals surface area (Å²) < 4.78 is 67.1. The number of benzene rings is 1. The topological polar surface area (TPSA) is 133 Å². The van der Waals surface area contributed by atoms with Gasteiger partial charge in [-0.1, -0.05) is 11.6 Å². The number of amides is 2. The van der Waals surface area contributed by atoms with Crippen LogP contribution in [0.1, 0.15) is 58.7 Å². The van der Waals surface area contributed by atoms with E-state index >= 15 is 0 Å². The lowest BCUT2D eigenvalue weighted by Gasteiger charge is -2.22. The first-order valence-corrected chi connectivity index (χ1v) is 13.4. The van der Waals surface area contributed by atoms with Crippen molar-refractivity contribution in [2.75, 3.05) is 5.32 Å². The van der Waals surface area contributed by atoms with Gasteiger partial charge in [-0.3, -0.25) is 9.59 Å². The SMILES string of the molecule is Cc1cc(Cl)cc(C(=O)NC(C)(C)C)c1NC(=O)c1cc(Cn2nnc(C(F)(F)C(F)(F)F)n2)nn1-c1ncccc1Br. The van der Waals surface area contributed by atoms with E-state index in [9.17, 15) is 31.5 Å². The fourth-order valence-electron chi connectivity index (χ4n) is 3.74. The summed E-state index contributed by atoms with van der Waals surface area (Å²) in [6.07, 6.45) is -4.51. The summed E-state index contributed by atoms with van der Waals surface area (Å²) in [5.41, 5.74) is -0.0410. The van der Waals surface area contributed by atoms with Gasteiger partial charge in [0, 0.05) is 16.8 Å². The molecule has 43 heavy (non-hydrogen) atoms. The third-order valence-corrected chi connectivity index (χ3v) is 6.43. The van der Waals surface area contributed by atoms with E-state index < -0.39 is 41.8 Å². The molecule has 0 aliphatic heterocycles. The van der Waals surface area contributed by atoms with E-state index in [2.05, 4.69) is 52.1 Å². The van der Waals surface area contributed by atoms with E-state index in [1.54, 1.807) is 45.9 Å².